The first-order valence-electron chi connectivity index (χ1n) is 12.3. The quantitative estimate of drug-likeness (QED) is 0.263. The molecule has 4 aromatic rings. The van der Waals surface area contributed by atoms with Gasteiger partial charge in [0.1, 0.15) is 6.10 Å². The van der Waals surface area contributed by atoms with Crippen LogP contribution in [0.4, 0.5) is 0 Å². The number of hydrogen-bond donors (Lipinski definition) is 0. The van der Waals surface area contributed by atoms with Crippen LogP contribution in [0.3, 0.4) is 0 Å². The molecule has 5 heteroatoms. The molecule has 4 unspecified atom stereocenters. The number of carbonyl (C=O) groups is 2. The Balaban J connectivity index is 1.64. The summed E-state index contributed by atoms with van der Waals surface area (Å²) in [7, 11) is 0. The highest BCUT2D eigenvalue weighted by Crippen LogP contribution is 2.46. The molecule has 0 aliphatic heterocycles. The third-order valence-electron chi connectivity index (χ3n) is 7.05. The minimum atomic E-state index is -0.776. The number of esters is 2. The Kier molecular flexibility index (Phi) is 7.11. The van der Waals surface area contributed by atoms with Gasteiger partial charge in [0.15, 0.2) is 6.10 Å². The van der Waals surface area contributed by atoms with Crippen molar-refractivity contribution in [2.45, 2.75) is 37.9 Å². The van der Waals surface area contributed by atoms with Gasteiger partial charge in [-0.15, -0.1) is 0 Å². The molecule has 0 saturated heterocycles. The molecule has 0 heterocycles. The van der Waals surface area contributed by atoms with Crippen LogP contribution >= 0.6 is 11.6 Å². The zero-order chi connectivity index (χ0) is 25.9. The molecule has 5 rings (SSSR count). The monoisotopic (exact) mass is 510 g/mol. The van der Waals surface area contributed by atoms with Gasteiger partial charge in [0.25, 0.3) is 0 Å². The van der Waals surface area contributed by atoms with Crippen molar-refractivity contribution in [3.05, 3.63) is 142 Å². The van der Waals surface area contributed by atoms with E-state index in [0.29, 0.717) is 16.1 Å². The number of hydrogen-bond acceptors (Lipinski definition) is 4. The van der Waals surface area contributed by atoms with E-state index in [2.05, 4.69) is 6.07 Å². The van der Waals surface area contributed by atoms with Gasteiger partial charge >= 0.3 is 11.9 Å². The van der Waals surface area contributed by atoms with Crippen LogP contribution < -0.4 is 0 Å². The highest BCUT2D eigenvalue weighted by atomic mass is 35.5. The zero-order valence-corrected chi connectivity index (χ0v) is 21.4. The summed E-state index contributed by atoms with van der Waals surface area (Å²) in [5.74, 6) is -1.53. The van der Waals surface area contributed by atoms with Gasteiger partial charge < -0.3 is 9.47 Å². The first-order chi connectivity index (χ1) is 17.9. The summed E-state index contributed by atoms with van der Waals surface area (Å²) < 4.78 is 12.4. The Bertz CT molecular complexity index is 1420. The molecular formula is C32H27ClO4. The summed E-state index contributed by atoms with van der Waals surface area (Å²) in [6.45, 7) is 4.01. The largest absolute Gasteiger partial charge is 0.454 e. The van der Waals surface area contributed by atoms with Gasteiger partial charge in [-0.1, -0.05) is 85.3 Å². The average Bonchev–Trinajstić information content (AvgIpc) is 2.93. The predicted molar refractivity (Wildman–Crippen MR) is 144 cm³/mol. The van der Waals surface area contributed by atoms with Crippen LogP contribution in [0.2, 0.25) is 5.02 Å². The van der Waals surface area contributed by atoms with Crippen LogP contribution in [0.5, 0.6) is 0 Å². The van der Waals surface area contributed by atoms with Crippen LogP contribution in [0.25, 0.3) is 0 Å². The molecule has 186 valence electrons. The molecular weight excluding hydrogens is 484 g/mol. The fourth-order valence-corrected chi connectivity index (χ4v) is 5.34. The third-order valence-corrected chi connectivity index (χ3v) is 7.28. The molecule has 0 fully saturated rings. The lowest BCUT2D eigenvalue weighted by Gasteiger charge is -2.42. The highest BCUT2D eigenvalue weighted by molar-refractivity contribution is 6.30. The molecule has 0 saturated carbocycles. The van der Waals surface area contributed by atoms with Crippen LogP contribution in [0, 0.1) is 6.92 Å². The maximum absolute atomic E-state index is 13.4. The molecule has 4 atom stereocenters. The molecule has 0 spiro atoms. The van der Waals surface area contributed by atoms with E-state index in [1.165, 1.54) is 0 Å². The van der Waals surface area contributed by atoms with E-state index in [-0.39, 0.29) is 11.8 Å². The predicted octanol–water partition coefficient (Wildman–Crippen LogP) is 7.35. The van der Waals surface area contributed by atoms with E-state index in [1.54, 1.807) is 48.5 Å². The van der Waals surface area contributed by atoms with Gasteiger partial charge in [0.05, 0.1) is 17.0 Å². The van der Waals surface area contributed by atoms with Gasteiger partial charge in [-0.25, -0.2) is 9.59 Å². The van der Waals surface area contributed by atoms with Crippen LogP contribution in [0.15, 0.2) is 103 Å². The van der Waals surface area contributed by atoms with Crippen LogP contribution in [-0.4, -0.2) is 24.1 Å². The summed E-state index contributed by atoms with van der Waals surface area (Å²) in [6, 6.07) is 31.5. The van der Waals surface area contributed by atoms with Crippen molar-refractivity contribution < 1.29 is 19.1 Å². The molecule has 1 aliphatic carbocycles. The molecule has 1 aliphatic rings. The second-order valence-corrected chi connectivity index (χ2v) is 9.80. The lowest BCUT2D eigenvalue weighted by atomic mass is 9.70. The number of halogens is 1. The van der Waals surface area contributed by atoms with Crippen molar-refractivity contribution >= 4 is 23.5 Å². The van der Waals surface area contributed by atoms with E-state index in [4.69, 9.17) is 21.1 Å². The van der Waals surface area contributed by atoms with Gasteiger partial charge in [0, 0.05) is 10.9 Å². The molecule has 0 radical (unpaired) electrons. The van der Waals surface area contributed by atoms with Crippen LogP contribution in [0.1, 0.15) is 61.7 Å². The average molecular weight is 511 g/mol. The van der Waals surface area contributed by atoms with Gasteiger partial charge in [-0.3, -0.25) is 0 Å². The lowest BCUT2D eigenvalue weighted by molar-refractivity contribution is -0.0532. The Morgan fingerprint density at radius 2 is 1.16 bits per heavy atom. The number of aryl methyl sites for hydroxylation is 1. The number of fused-ring (bicyclic) bond motifs is 1. The fraction of sp³-hybridized carbons (Fsp3) is 0.188. The van der Waals surface area contributed by atoms with E-state index in [0.717, 1.165) is 22.3 Å². The molecule has 4 aromatic carbocycles. The van der Waals surface area contributed by atoms with E-state index in [9.17, 15) is 9.59 Å². The summed E-state index contributed by atoms with van der Waals surface area (Å²) in [5, 5.41) is 0.586. The molecule has 0 N–H and O–H groups in total. The first kappa shape index (κ1) is 24.8. The van der Waals surface area contributed by atoms with E-state index >= 15 is 0 Å². The van der Waals surface area contributed by atoms with Crippen molar-refractivity contribution in [1.82, 2.24) is 0 Å². The molecule has 37 heavy (non-hydrogen) atoms. The second-order valence-electron chi connectivity index (χ2n) is 9.37. The number of rotatable bonds is 5. The van der Waals surface area contributed by atoms with E-state index in [1.807, 2.05) is 62.4 Å². The molecule has 0 aromatic heterocycles. The second kappa shape index (κ2) is 10.6. The maximum atomic E-state index is 13.4. The highest BCUT2D eigenvalue weighted by Gasteiger charge is 2.47. The summed E-state index contributed by atoms with van der Waals surface area (Å²) in [4.78, 5) is 26.6. The van der Waals surface area contributed by atoms with Crippen molar-refractivity contribution in [2.24, 2.45) is 0 Å². The van der Waals surface area contributed by atoms with Crippen molar-refractivity contribution in [3.63, 3.8) is 0 Å². The van der Waals surface area contributed by atoms with E-state index < -0.39 is 24.1 Å². The lowest BCUT2D eigenvalue weighted by Crippen LogP contribution is -2.46. The van der Waals surface area contributed by atoms with Crippen molar-refractivity contribution in [3.8, 4) is 0 Å². The minimum absolute atomic E-state index is 0.215. The standard InChI is InChI=1S/C32H27ClO4/c1-20-17-18-24(33)19-27(20)28-26-16-10-9-15-25(26)21(2)29(36-31(34)22-11-5-3-6-12-22)30(28)37-32(35)23-13-7-4-8-14-23/h3-19,21,28-30H,1-2H3. The Morgan fingerprint density at radius 3 is 1.76 bits per heavy atom. The van der Waals surface area contributed by atoms with Gasteiger partial charge in [-0.05, 0) is 65.6 Å². The normalized spacial score (nSPS) is 20.5. The Hall–Kier alpha value is -3.89. The summed E-state index contributed by atoms with van der Waals surface area (Å²) in [5.41, 5.74) is 4.88. The number of carbonyl (C=O) groups excluding carboxylic acids is 2. The number of ether oxygens (including phenoxy) is 2. The fourth-order valence-electron chi connectivity index (χ4n) is 5.16. The maximum Gasteiger partial charge on any atom is 0.338 e. The van der Waals surface area contributed by atoms with Crippen molar-refractivity contribution in [1.29, 1.82) is 0 Å². The van der Waals surface area contributed by atoms with Gasteiger partial charge in [-0.2, -0.15) is 0 Å². The zero-order valence-electron chi connectivity index (χ0n) is 20.6. The number of benzene rings is 4. The van der Waals surface area contributed by atoms with Crippen LogP contribution in [-0.2, 0) is 9.47 Å². The Labute approximate surface area is 221 Å². The third kappa shape index (κ3) is 5.03. The first-order valence-corrected chi connectivity index (χ1v) is 12.7. The Morgan fingerprint density at radius 1 is 0.649 bits per heavy atom. The summed E-state index contributed by atoms with van der Waals surface area (Å²) >= 11 is 6.45. The molecule has 0 bridgehead atoms. The topological polar surface area (TPSA) is 52.6 Å². The molecule has 4 nitrogen and oxygen atoms in total. The van der Waals surface area contributed by atoms with Crippen molar-refractivity contribution in [2.75, 3.05) is 0 Å². The smallest absolute Gasteiger partial charge is 0.338 e. The minimum Gasteiger partial charge on any atom is -0.454 e. The van der Waals surface area contributed by atoms with Gasteiger partial charge in [0.2, 0.25) is 0 Å². The molecule has 0 amide bonds. The SMILES string of the molecule is Cc1ccc(Cl)cc1C1c2ccccc2C(C)C(OC(=O)c2ccccc2)C1OC(=O)c1ccccc1. The summed E-state index contributed by atoms with van der Waals surface area (Å²) in [6.07, 6.45) is -1.50.